The van der Waals surface area contributed by atoms with E-state index in [1.54, 1.807) is 0 Å². The van der Waals surface area contributed by atoms with Gasteiger partial charge >= 0.3 is 0 Å². The third-order valence-electron chi connectivity index (χ3n) is 1.90. The first-order chi connectivity index (χ1) is 6.24. The van der Waals surface area contributed by atoms with E-state index in [-0.39, 0.29) is 6.10 Å². The van der Waals surface area contributed by atoms with Gasteiger partial charge < -0.3 is 5.11 Å². The van der Waals surface area contributed by atoms with Gasteiger partial charge in [-0.2, -0.15) is 0 Å². The Morgan fingerprint density at radius 1 is 1.38 bits per heavy atom. The Morgan fingerprint density at radius 2 is 2.00 bits per heavy atom. The van der Waals surface area contributed by atoms with E-state index in [1.807, 2.05) is 30.3 Å². The summed E-state index contributed by atoms with van der Waals surface area (Å²) in [6, 6.07) is 7.73. The summed E-state index contributed by atoms with van der Waals surface area (Å²) in [6.45, 7) is 3.62. The van der Waals surface area contributed by atoms with Gasteiger partial charge in [0, 0.05) is 4.47 Å². The lowest BCUT2D eigenvalue weighted by Gasteiger charge is -2.08. The fourth-order valence-electron chi connectivity index (χ4n) is 1.13. The van der Waals surface area contributed by atoms with E-state index in [4.69, 9.17) is 0 Å². The highest BCUT2D eigenvalue weighted by molar-refractivity contribution is 9.10. The third kappa shape index (κ3) is 3.33. The van der Waals surface area contributed by atoms with Crippen molar-refractivity contribution in [2.45, 2.75) is 18.9 Å². The second-order valence-electron chi connectivity index (χ2n) is 2.93. The Bertz CT molecular complexity index is 266. The molecule has 0 heterocycles. The van der Waals surface area contributed by atoms with Crippen molar-refractivity contribution < 1.29 is 5.11 Å². The average molecular weight is 241 g/mol. The van der Waals surface area contributed by atoms with Crippen molar-refractivity contribution in [3.8, 4) is 0 Å². The molecule has 0 aliphatic heterocycles. The van der Waals surface area contributed by atoms with Gasteiger partial charge in [0.1, 0.15) is 0 Å². The highest BCUT2D eigenvalue weighted by atomic mass is 79.9. The minimum Gasteiger partial charge on any atom is -0.388 e. The molecule has 13 heavy (non-hydrogen) atoms. The zero-order valence-corrected chi connectivity index (χ0v) is 9.00. The van der Waals surface area contributed by atoms with Gasteiger partial charge in [0.2, 0.25) is 0 Å². The van der Waals surface area contributed by atoms with Crippen LogP contribution in [0.15, 0.2) is 41.4 Å². The van der Waals surface area contributed by atoms with Gasteiger partial charge in [0.25, 0.3) is 0 Å². The predicted molar refractivity (Wildman–Crippen MR) is 58.5 cm³/mol. The fourth-order valence-corrected chi connectivity index (χ4v) is 1.39. The van der Waals surface area contributed by atoms with Crippen LogP contribution in [0, 0.1) is 0 Å². The van der Waals surface area contributed by atoms with Crippen LogP contribution >= 0.6 is 15.9 Å². The molecule has 0 saturated heterocycles. The number of aliphatic hydroxyl groups excluding tert-OH is 1. The standard InChI is InChI=1S/C11H13BrO/c1-2-3-4-11(13)9-5-7-10(12)8-6-9/h2,5-8,11,13H,1,3-4H2/t11-/m1/s1. The van der Waals surface area contributed by atoms with Crippen LogP contribution in [0.5, 0.6) is 0 Å². The Labute approximate surface area is 87.2 Å². The van der Waals surface area contributed by atoms with E-state index >= 15 is 0 Å². The molecule has 0 saturated carbocycles. The summed E-state index contributed by atoms with van der Waals surface area (Å²) >= 11 is 3.35. The number of aliphatic hydroxyl groups is 1. The van der Waals surface area contributed by atoms with Crippen molar-refractivity contribution >= 4 is 15.9 Å². The van der Waals surface area contributed by atoms with Crippen LogP contribution in [0.4, 0.5) is 0 Å². The zero-order chi connectivity index (χ0) is 9.68. The van der Waals surface area contributed by atoms with E-state index in [2.05, 4.69) is 22.5 Å². The van der Waals surface area contributed by atoms with E-state index in [9.17, 15) is 5.11 Å². The molecule has 2 heteroatoms. The molecule has 0 aromatic heterocycles. The first kappa shape index (κ1) is 10.5. The van der Waals surface area contributed by atoms with E-state index in [1.165, 1.54) is 0 Å². The molecule has 1 rings (SSSR count). The molecule has 0 aliphatic carbocycles. The second-order valence-corrected chi connectivity index (χ2v) is 3.85. The average Bonchev–Trinajstić information content (AvgIpc) is 2.15. The van der Waals surface area contributed by atoms with Crippen molar-refractivity contribution in [1.29, 1.82) is 0 Å². The molecule has 0 radical (unpaired) electrons. The van der Waals surface area contributed by atoms with Crippen molar-refractivity contribution in [2.75, 3.05) is 0 Å². The van der Waals surface area contributed by atoms with Crippen molar-refractivity contribution in [2.24, 2.45) is 0 Å². The summed E-state index contributed by atoms with van der Waals surface area (Å²) in [5.41, 5.74) is 0.963. The van der Waals surface area contributed by atoms with E-state index < -0.39 is 0 Å². The second kappa shape index (κ2) is 5.20. The van der Waals surface area contributed by atoms with Gasteiger partial charge in [-0.3, -0.25) is 0 Å². The quantitative estimate of drug-likeness (QED) is 0.800. The topological polar surface area (TPSA) is 20.2 Å². The zero-order valence-electron chi connectivity index (χ0n) is 7.41. The Hall–Kier alpha value is -0.600. The number of benzene rings is 1. The first-order valence-electron chi connectivity index (χ1n) is 4.28. The fraction of sp³-hybridized carbons (Fsp3) is 0.273. The molecule has 1 aromatic rings. The van der Waals surface area contributed by atoms with Gasteiger partial charge in [-0.1, -0.05) is 34.1 Å². The molecule has 0 unspecified atom stereocenters. The Kier molecular flexibility index (Phi) is 4.19. The van der Waals surface area contributed by atoms with Crippen LogP contribution in [-0.4, -0.2) is 5.11 Å². The lowest BCUT2D eigenvalue weighted by Crippen LogP contribution is -1.95. The van der Waals surface area contributed by atoms with E-state index in [0.717, 1.165) is 22.9 Å². The molecule has 1 nitrogen and oxygen atoms in total. The molecule has 0 bridgehead atoms. The lowest BCUT2D eigenvalue weighted by atomic mass is 10.1. The molecule has 1 aromatic carbocycles. The monoisotopic (exact) mass is 240 g/mol. The predicted octanol–water partition coefficient (Wildman–Crippen LogP) is 3.45. The summed E-state index contributed by atoms with van der Waals surface area (Å²) in [4.78, 5) is 0. The minimum atomic E-state index is -0.369. The molecule has 1 N–H and O–H groups in total. The summed E-state index contributed by atoms with van der Waals surface area (Å²) in [7, 11) is 0. The summed E-state index contributed by atoms with van der Waals surface area (Å²) < 4.78 is 1.03. The third-order valence-corrected chi connectivity index (χ3v) is 2.43. The highest BCUT2D eigenvalue weighted by Gasteiger charge is 2.04. The molecule has 1 atom stereocenters. The van der Waals surface area contributed by atoms with Gasteiger partial charge in [-0.25, -0.2) is 0 Å². The van der Waals surface area contributed by atoms with Gasteiger partial charge in [0.15, 0.2) is 0 Å². The van der Waals surface area contributed by atoms with Crippen molar-refractivity contribution in [1.82, 2.24) is 0 Å². The van der Waals surface area contributed by atoms with Crippen LogP contribution in [0.2, 0.25) is 0 Å². The van der Waals surface area contributed by atoms with E-state index in [0.29, 0.717) is 0 Å². The lowest BCUT2D eigenvalue weighted by molar-refractivity contribution is 0.169. The normalized spacial score (nSPS) is 12.5. The number of hydrogen-bond donors (Lipinski definition) is 1. The van der Waals surface area contributed by atoms with Crippen LogP contribution in [-0.2, 0) is 0 Å². The van der Waals surface area contributed by atoms with Gasteiger partial charge in [-0.05, 0) is 30.5 Å². The van der Waals surface area contributed by atoms with Crippen LogP contribution < -0.4 is 0 Å². The minimum absolute atomic E-state index is 0.369. The van der Waals surface area contributed by atoms with Crippen LogP contribution in [0.1, 0.15) is 24.5 Å². The maximum atomic E-state index is 9.68. The molecule has 0 fully saturated rings. The Balaban J connectivity index is 2.60. The first-order valence-corrected chi connectivity index (χ1v) is 5.07. The maximum Gasteiger partial charge on any atom is 0.0793 e. The number of halogens is 1. The highest BCUT2D eigenvalue weighted by Crippen LogP contribution is 2.20. The molecule has 0 aliphatic rings. The smallest absolute Gasteiger partial charge is 0.0793 e. The molecule has 70 valence electrons. The Morgan fingerprint density at radius 3 is 2.54 bits per heavy atom. The SMILES string of the molecule is C=CCC[C@@H](O)c1ccc(Br)cc1. The molecular formula is C11H13BrO. The number of hydrogen-bond acceptors (Lipinski definition) is 1. The largest absolute Gasteiger partial charge is 0.388 e. The van der Waals surface area contributed by atoms with Crippen molar-refractivity contribution in [3.05, 3.63) is 47.0 Å². The molecule has 0 spiro atoms. The van der Waals surface area contributed by atoms with Crippen LogP contribution in [0.25, 0.3) is 0 Å². The summed E-state index contributed by atoms with van der Waals surface area (Å²) in [5, 5.41) is 9.68. The van der Waals surface area contributed by atoms with Gasteiger partial charge in [-0.15, -0.1) is 6.58 Å². The molecule has 0 amide bonds. The number of rotatable bonds is 4. The van der Waals surface area contributed by atoms with Gasteiger partial charge in [0.05, 0.1) is 6.10 Å². The summed E-state index contributed by atoms with van der Waals surface area (Å²) in [6.07, 6.45) is 3.04. The summed E-state index contributed by atoms with van der Waals surface area (Å²) in [5.74, 6) is 0. The maximum absolute atomic E-state index is 9.68. The van der Waals surface area contributed by atoms with Crippen molar-refractivity contribution in [3.63, 3.8) is 0 Å². The van der Waals surface area contributed by atoms with Crippen LogP contribution in [0.3, 0.4) is 0 Å². The number of allylic oxidation sites excluding steroid dienone is 1. The molecular weight excluding hydrogens is 228 g/mol.